The van der Waals surface area contributed by atoms with Crippen molar-refractivity contribution >= 4 is 0 Å². The number of aliphatic hydroxyl groups excluding tert-OH is 1. The second-order valence-corrected chi connectivity index (χ2v) is 5.03. The Morgan fingerprint density at radius 2 is 1.83 bits per heavy atom. The number of alkyl halides is 3. The van der Waals surface area contributed by atoms with Crippen LogP contribution in [-0.4, -0.2) is 11.2 Å². The Bertz CT molecular complexity index is 426. The fourth-order valence-corrected chi connectivity index (χ4v) is 2.68. The molecular formula is C14H17F3O. The minimum atomic E-state index is -4.32. The highest BCUT2D eigenvalue weighted by Crippen LogP contribution is 2.37. The predicted octanol–water partition coefficient (Wildman–Crippen LogP) is 4.03. The summed E-state index contributed by atoms with van der Waals surface area (Å²) in [5.74, 6) is -0.152. The molecule has 0 aromatic heterocycles. The molecule has 2 atom stereocenters. The zero-order valence-electron chi connectivity index (χ0n) is 10.3. The molecule has 0 aliphatic heterocycles. The summed E-state index contributed by atoms with van der Waals surface area (Å²) in [5.41, 5.74) is 0.259. The quantitative estimate of drug-likeness (QED) is 0.806. The van der Waals surface area contributed by atoms with E-state index in [-0.39, 0.29) is 11.5 Å². The zero-order valence-corrected chi connectivity index (χ0v) is 10.3. The molecule has 1 aromatic rings. The molecule has 0 bridgehead atoms. The van der Waals surface area contributed by atoms with Gasteiger partial charge in [-0.2, -0.15) is 13.2 Å². The van der Waals surface area contributed by atoms with Gasteiger partial charge in [0.2, 0.25) is 0 Å². The molecule has 0 unspecified atom stereocenters. The Kier molecular flexibility index (Phi) is 3.66. The van der Waals surface area contributed by atoms with Gasteiger partial charge in [0.25, 0.3) is 0 Å². The van der Waals surface area contributed by atoms with Gasteiger partial charge in [-0.15, -0.1) is 0 Å². The molecule has 0 heterocycles. The van der Waals surface area contributed by atoms with E-state index in [0.717, 1.165) is 19.3 Å². The maximum atomic E-state index is 12.8. The first kappa shape index (κ1) is 13.4. The third kappa shape index (κ3) is 2.69. The van der Waals surface area contributed by atoms with Crippen molar-refractivity contribution in [2.75, 3.05) is 0 Å². The van der Waals surface area contributed by atoms with Gasteiger partial charge in [-0.1, -0.05) is 25.0 Å². The predicted molar refractivity (Wildman–Crippen MR) is 63.4 cm³/mol. The molecule has 1 fully saturated rings. The zero-order chi connectivity index (χ0) is 13.3. The molecule has 100 valence electrons. The fraction of sp³-hybridized carbons (Fsp3) is 0.571. The van der Waals surface area contributed by atoms with Crippen LogP contribution in [0.4, 0.5) is 13.2 Å². The largest absolute Gasteiger partial charge is 0.416 e. The number of hydrogen-bond acceptors (Lipinski definition) is 1. The summed E-state index contributed by atoms with van der Waals surface area (Å²) in [6.07, 6.45) is -1.46. The van der Waals surface area contributed by atoms with Gasteiger partial charge in [0.15, 0.2) is 0 Å². The monoisotopic (exact) mass is 258 g/mol. The molecule has 0 radical (unpaired) electrons. The summed E-state index contributed by atoms with van der Waals surface area (Å²) in [6, 6.07) is 4.41. The smallest absolute Gasteiger partial charge is 0.392 e. The Morgan fingerprint density at radius 3 is 2.44 bits per heavy atom. The van der Waals surface area contributed by atoms with Crippen molar-refractivity contribution in [3.63, 3.8) is 0 Å². The maximum absolute atomic E-state index is 12.8. The van der Waals surface area contributed by atoms with Crippen molar-refractivity contribution in [2.24, 2.45) is 0 Å². The molecule has 1 aliphatic carbocycles. The van der Waals surface area contributed by atoms with Crippen LogP contribution in [0.1, 0.15) is 48.3 Å². The SMILES string of the molecule is Cc1ccc([C@@H]2CCCC[C@H]2O)cc1C(F)(F)F. The average molecular weight is 258 g/mol. The van der Waals surface area contributed by atoms with E-state index in [1.807, 2.05) is 0 Å². The van der Waals surface area contributed by atoms with Crippen molar-refractivity contribution in [3.05, 3.63) is 34.9 Å². The minimum absolute atomic E-state index is 0.152. The van der Waals surface area contributed by atoms with Gasteiger partial charge in [0.05, 0.1) is 11.7 Å². The minimum Gasteiger partial charge on any atom is -0.392 e. The van der Waals surface area contributed by atoms with Gasteiger partial charge in [-0.25, -0.2) is 0 Å². The highest BCUT2D eigenvalue weighted by Gasteiger charge is 2.34. The lowest BCUT2D eigenvalue weighted by Gasteiger charge is -2.28. The lowest BCUT2D eigenvalue weighted by atomic mass is 9.81. The number of aryl methyl sites for hydroxylation is 1. The van der Waals surface area contributed by atoms with Gasteiger partial charge in [0, 0.05) is 5.92 Å². The molecule has 1 nitrogen and oxygen atoms in total. The Hall–Kier alpha value is -1.03. The first-order valence-corrected chi connectivity index (χ1v) is 6.25. The second-order valence-electron chi connectivity index (χ2n) is 5.03. The van der Waals surface area contributed by atoms with Crippen LogP contribution in [0.2, 0.25) is 0 Å². The third-order valence-corrected chi connectivity index (χ3v) is 3.72. The van der Waals surface area contributed by atoms with Crippen molar-refractivity contribution in [2.45, 2.75) is 50.8 Å². The van der Waals surface area contributed by atoms with Crippen LogP contribution < -0.4 is 0 Å². The van der Waals surface area contributed by atoms with Crippen LogP contribution >= 0.6 is 0 Å². The number of halogens is 3. The summed E-state index contributed by atoms with van der Waals surface area (Å²) in [5, 5.41) is 9.90. The standard InChI is InChI=1S/C14H17F3O/c1-9-6-7-10(8-12(9)14(15,16)17)11-4-2-3-5-13(11)18/h6-8,11,13,18H,2-5H2,1H3/t11-,13+/m0/s1. The Labute approximate surface area is 105 Å². The Morgan fingerprint density at radius 1 is 1.17 bits per heavy atom. The first-order chi connectivity index (χ1) is 8.39. The van der Waals surface area contributed by atoms with E-state index >= 15 is 0 Å². The molecule has 0 saturated heterocycles. The van der Waals surface area contributed by atoms with E-state index < -0.39 is 17.8 Å². The molecule has 0 amide bonds. The number of rotatable bonds is 1. The van der Waals surface area contributed by atoms with Gasteiger partial charge in [-0.05, 0) is 37.0 Å². The van der Waals surface area contributed by atoms with E-state index in [2.05, 4.69) is 0 Å². The number of benzene rings is 1. The number of hydrogen-bond donors (Lipinski definition) is 1. The molecule has 1 aromatic carbocycles. The highest BCUT2D eigenvalue weighted by molar-refractivity contribution is 5.35. The summed E-state index contributed by atoms with van der Waals surface area (Å²) >= 11 is 0. The molecular weight excluding hydrogens is 241 g/mol. The summed E-state index contributed by atoms with van der Waals surface area (Å²) in [6.45, 7) is 1.46. The molecule has 18 heavy (non-hydrogen) atoms. The molecule has 1 saturated carbocycles. The van der Waals surface area contributed by atoms with Crippen molar-refractivity contribution < 1.29 is 18.3 Å². The maximum Gasteiger partial charge on any atom is 0.416 e. The lowest BCUT2D eigenvalue weighted by molar-refractivity contribution is -0.138. The van der Waals surface area contributed by atoms with Crippen molar-refractivity contribution in [3.8, 4) is 0 Å². The van der Waals surface area contributed by atoms with Gasteiger partial charge in [-0.3, -0.25) is 0 Å². The molecule has 1 N–H and O–H groups in total. The van der Waals surface area contributed by atoms with Gasteiger partial charge in [0.1, 0.15) is 0 Å². The van der Waals surface area contributed by atoms with Crippen LogP contribution in [0, 0.1) is 6.92 Å². The van der Waals surface area contributed by atoms with Crippen LogP contribution in [0.5, 0.6) is 0 Å². The molecule has 0 spiro atoms. The van der Waals surface area contributed by atoms with Crippen LogP contribution in [-0.2, 0) is 6.18 Å². The highest BCUT2D eigenvalue weighted by atomic mass is 19.4. The van der Waals surface area contributed by atoms with Gasteiger partial charge >= 0.3 is 6.18 Å². The van der Waals surface area contributed by atoms with E-state index in [0.29, 0.717) is 12.0 Å². The van der Waals surface area contributed by atoms with E-state index in [1.54, 1.807) is 6.07 Å². The van der Waals surface area contributed by atoms with Crippen LogP contribution in [0.15, 0.2) is 18.2 Å². The molecule has 4 heteroatoms. The summed E-state index contributed by atoms with van der Waals surface area (Å²) in [7, 11) is 0. The van der Waals surface area contributed by atoms with E-state index in [1.165, 1.54) is 19.1 Å². The Balaban J connectivity index is 2.34. The average Bonchev–Trinajstić information content (AvgIpc) is 2.29. The third-order valence-electron chi connectivity index (χ3n) is 3.72. The second kappa shape index (κ2) is 4.92. The molecule has 1 aliphatic rings. The first-order valence-electron chi connectivity index (χ1n) is 6.25. The lowest BCUT2D eigenvalue weighted by Crippen LogP contribution is -2.23. The van der Waals surface area contributed by atoms with Crippen LogP contribution in [0.25, 0.3) is 0 Å². The summed E-state index contributed by atoms with van der Waals surface area (Å²) in [4.78, 5) is 0. The van der Waals surface area contributed by atoms with Crippen molar-refractivity contribution in [1.29, 1.82) is 0 Å². The van der Waals surface area contributed by atoms with Gasteiger partial charge < -0.3 is 5.11 Å². The summed E-state index contributed by atoms with van der Waals surface area (Å²) < 4.78 is 38.5. The normalized spacial score (nSPS) is 25.2. The van der Waals surface area contributed by atoms with E-state index in [9.17, 15) is 18.3 Å². The van der Waals surface area contributed by atoms with Crippen LogP contribution in [0.3, 0.4) is 0 Å². The topological polar surface area (TPSA) is 20.2 Å². The van der Waals surface area contributed by atoms with E-state index in [4.69, 9.17) is 0 Å². The number of aliphatic hydroxyl groups is 1. The van der Waals surface area contributed by atoms with Crippen molar-refractivity contribution in [1.82, 2.24) is 0 Å². The molecule has 2 rings (SSSR count). The fourth-order valence-electron chi connectivity index (χ4n) is 2.68.